The van der Waals surface area contributed by atoms with E-state index in [9.17, 15) is 13.6 Å². The zero-order valence-electron chi connectivity index (χ0n) is 19.6. The molecule has 13 heteroatoms. The van der Waals surface area contributed by atoms with Crippen LogP contribution in [0.5, 0.6) is 23.3 Å². The molecular formula is C24H20F2N6O5. The van der Waals surface area contributed by atoms with E-state index in [0.717, 1.165) is 12.1 Å². The Bertz CT molecular complexity index is 1410. The molecular weight excluding hydrogens is 490 g/mol. The van der Waals surface area contributed by atoms with Crippen LogP contribution in [-0.2, 0) is 4.79 Å². The summed E-state index contributed by atoms with van der Waals surface area (Å²) in [5.41, 5.74) is 0.334. The van der Waals surface area contributed by atoms with Crippen LogP contribution in [0.25, 0.3) is 11.5 Å². The molecule has 1 amide bonds. The molecule has 2 aromatic carbocycles. The normalized spacial score (nSPS) is 16.8. The molecule has 1 aliphatic rings. The number of rotatable bonds is 8. The number of nitrogens with one attached hydrogen (secondary N) is 2. The van der Waals surface area contributed by atoms with E-state index in [4.69, 9.17) is 18.6 Å². The van der Waals surface area contributed by atoms with Gasteiger partial charge in [-0.3, -0.25) is 4.79 Å². The summed E-state index contributed by atoms with van der Waals surface area (Å²) in [7, 11) is 2.80. The highest BCUT2D eigenvalue weighted by Crippen LogP contribution is 2.33. The Kier molecular flexibility index (Phi) is 6.49. The van der Waals surface area contributed by atoms with Crippen LogP contribution in [-0.4, -0.2) is 52.9 Å². The van der Waals surface area contributed by atoms with Gasteiger partial charge in [-0.1, -0.05) is 5.10 Å². The number of ether oxygens (including phenoxy) is 3. The fourth-order valence-corrected chi connectivity index (χ4v) is 3.90. The van der Waals surface area contributed by atoms with Gasteiger partial charge in [0.1, 0.15) is 35.5 Å². The van der Waals surface area contributed by atoms with Gasteiger partial charge in [-0.15, -0.1) is 5.10 Å². The minimum atomic E-state index is -1.04. The van der Waals surface area contributed by atoms with E-state index in [2.05, 4.69) is 30.8 Å². The smallest absolute Gasteiger partial charge is 0.316 e. The summed E-state index contributed by atoms with van der Waals surface area (Å²) in [6.07, 6.45) is 1.32. The Labute approximate surface area is 208 Å². The van der Waals surface area contributed by atoms with Crippen molar-refractivity contribution in [2.24, 2.45) is 0 Å². The van der Waals surface area contributed by atoms with E-state index >= 15 is 0 Å². The SMILES string of the molecule is COc1cc(F)c(C2CNC(=O)[C@@H]2Nc2nnc(-c3ccc(Oc4cc(OC)ncn4)cc3)o2)c(F)c1. The number of anilines is 1. The fourth-order valence-electron chi connectivity index (χ4n) is 3.90. The lowest BCUT2D eigenvalue weighted by Gasteiger charge is -2.19. The predicted octanol–water partition coefficient (Wildman–Crippen LogP) is 3.31. The van der Waals surface area contributed by atoms with Gasteiger partial charge >= 0.3 is 6.01 Å². The van der Waals surface area contributed by atoms with Crippen LogP contribution in [0.1, 0.15) is 11.5 Å². The number of carbonyl (C=O) groups is 1. The zero-order chi connectivity index (χ0) is 25.9. The van der Waals surface area contributed by atoms with E-state index in [-0.39, 0.29) is 29.8 Å². The highest BCUT2D eigenvalue weighted by atomic mass is 19.1. The van der Waals surface area contributed by atoms with Crippen molar-refractivity contribution in [3.63, 3.8) is 0 Å². The Balaban J connectivity index is 1.30. The molecule has 190 valence electrons. The van der Waals surface area contributed by atoms with Crippen molar-refractivity contribution >= 4 is 11.9 Å². The average Bonchev–Trinajstić information content (AvgIpc) is 3.51. The van der Waals surface area contributed by atoms with Crippen molar-refractivity contribution in [1.29, 1.82) is 0 Å². The lowest BCUT2D eigenvalue weighted by Crippen LogP contribution is -2.33. The standard InChI is InChI=1S/C24H20F2N6O5/c1-34-14-7-16(25)20(17(26)8-14)15-10-27-22(33)21(15)30-24-32-31-23(37-24)12-3-5-13(6-4-12)36-19-9-18(35-2)28-11-29-19/h3-9,11,15,21H,10H2,1-2H3,(H,27,33)(H,30,32)/t15?,21-/m1/s1. The van der Waals surface area contributed by atoms with Crippen LogP contribution < -0.4 is 24.8 Å². The Morgan fingerprint density at radius 2 is 1.70 bits per heavy atom. The van der Waals surface area contributed by atoms with Crippen molar-refractivity contribution in [2.75, 3.05) is 26.1 Å². The van der Waals surface area contributed by atoms with Gasteiger partial charge in [-0.2, -0.15) is 0 Å². The summed E-state index contributed by atoms with van der Waals surface area (Å²) in [4.78, 5) is 20.4. The topological polar surface area (TPSA) is 134 Å². The number of nitrogens with zero attached hydrogens (tertiary/aromatic N) is 4. The molecule has 0 spiro atoms. The van der Waals surface area contributed by atoms with Gasteiger partial charge in [0, 0.05) is 35.7 Å². The highest BCUT2D eigenvalue weighted by Gasteiger charge is 2.40. The second-order valence-electron chi connectivity index (χ2n) is 7.92. The maximum absolute atomic E-state index is 14.7. The summed E-state index contributed by atoms with van der Waals surface area (Å²) in [6, 6.07) is 9.30. The number of carbonyl (C=O) groups excluding carboxylic acids is 1. The van der Waals surface area contributed by atoms with Crippen LogP contribution in [0.4, 0.5) is 14.8 Å². The van der Waals surface area contributed by atoms with Gasteiger partial charge in [0.05, 0.1) is 20.3 Å². The molecule has 11 nitrogen and oxygen atoms in total. The number of hydrogen-bond donors (Lipinski definition) is 2. The van der Waals surface area contributed by atoms with Crippen LogP contribution in [0.2, 0.25) is 0 Å². The fraction of sp³-hybridized carbons (Fsp3) is 0.208. The molecule has 1 aliphatic heterocycles. The Morgan fingerprint density at radius 1 is 0.973 bits per heavy atom. The molecule has 2 atom stereocenters. The van der Waals surface area contributed by atoms with Crippen molar-refractivity contribution in [3.05, 3.63) is 66.0 Å². The van der Waals surface area contributed by atoms with Crippen LogP contribution in [0, 0.1) is 11.6 Å². The monoisotopic (exact) mass is 510 g/mol. The van der Waals surface area contributed by atoms with E-state index in [1.807, 2.05) is 0 Å². The quantitative estimate of drug-likeness (QED) is 0.364. The summed E-state index contributed by atoms with van der Waals surface area (Å²) in [6.45, 7) is 0.0251. The number of amides is 1. The van der Waals surface area contributed by atoms with Gasteiger partial charge < -0.3 is 29.3 Å². The average molecular weight is 510 g/mol. The van der Waals surface area contributed by atoms with E-state index in [1.165, 1.54) is 20.5 Å². The molecule has 1 saturated heterocycles. The van der Waals surface area contributed by atoms with Crippen LogP contribution in [0.15, 0.2) is 53.2 Å². The molecule has 2 aromatic heterocycles. The van der Waals surface area contributed by atoms with Gasteiger partial charge in [-0.25, -0.2) is 18.7 Å². The van der Waals surface area contributed by atoms with Gasteiger partial charge in [-0.05, 0) is 24.3 Å². The molecule has 0 bridgehead atoms. The van der Waals surface area contributed by atoms with Crippen molar-refractivity contribution in [1.82, 2.24) is 25.5 Å². The summed E-state index contributed by atoms with van der Waals surface area (Å²) in [5.74, 6) is -1.59. The van der Waals surface area contributed by atoms with Crippen molar-refractivity contribution in [3.8, 4) is 34.7 Å². The number of methoxy groups -OCH3 is 2. The molecule has 5 rings (SSSR count). The van der Waals surface area contributed by atoms with Crippen LogP contribution >= 0.6 is 0 Å². The molecule has 0 saturated carbocycles. The molecule has 1 unspecified atom stereocenters. The molecule has 1 fully saturated rings. The van der Waals surface area contributed by atoms with E-state index in [1.54, 1.807) is 30.3 Å². The van der Waals surface area contributed by atoms with E-state index < -0.39 is 29.5 Å². The minimum absolute atomic E-state index is 0.0251. The number of halogens is 2. The third-order valence-corrected chi connectivity index (χ3v) is 5.69. The van der Waals surface area contributed by atoms with Gasteiger partial charge in [0.15, 0.2) is 0 Å². The maximum Gasteiger partial charge on any atom is 0.316 e. The second-order valence-corrected chi connectivity index (χ2v) is 7.92. The Morgan fingerprint density at radius 3 is 2.41 bits per heavy atom. The highest BCUT2D eigenvalue weighted by molar-refractivity contribution is 5.88. The predicted molar refractivity (Wildman–Crippen MR) is 124 cm³/mol. The molecule has 3 heterocycles. The second kappa shape index (κ2) is 10.0. The molecule has 2 N–H and O–H groups in total. The molecule has 0 radical (unpaired) electrons. The third kappa shape index (κ3) is 4.96. The summed E-state index contributed by atoms with van der Waals surface area (Å²) >= 11 is 0. The lowest BCUT2D eigenvalue weighted by molar-refractivity contribution is -0.119. The molecule has 4 aromatic rings. The zero-order valence-corrected chi connectivity index (χ0v) is 19.6. The first-order valence-corrected chi connectivity index (χ1v) is 11.0. The summed E-state index contributed by atoms with van der Waals surface area (Å²) in [5, 5.41) is 13.3. The van der Waals surface area contributed by atoms with Crippen molar-refractivity contribution in [2.45, 2.75) is 12.0 Å². The minimum Gasteiger partial charge on any atom is -0.497 e. The Hall–Kier alpha value is -4.81. The molecule has 37 heavy (non-hydrogen) atoms. The first kappa shape index (κ1) is 23.9. The number of aromatic nitrogens is 4. The largest absolute Gasteiger partial charge is 0.497 e. The maximum atomic E-state index is 14.7. The van der Waals surface area contributed by atoms with Crippen molar-refractivity contribution < 1.29 is 32.2 Å². The molecule has 0 aliphatic carbocycles. The number of hydrogen-bond acceptors (Lipinski definition) is 10. The van der Waals surface area contributed by atoms with Crippen LogP contribution in [0.3, 0.4) is 0 Å². The lowest BCUT2D eigenvalue weighted by atomic mass is 9.93. The first-order valence-electron chi connectivity index (χ1n) is 11.0. The summed E-state index contributed by atoms with van der Waals surface area (Å²) < 4.78 is 50.6. The third-order valence-electron chi connectivity index (χ3n) is 5.69. The first-order chi connectivity index (χ1) is 17.9. The van der Waals surface area contributed by atoms with E-state index in [0.29, 0.717) is 23.1 Å². The van der Waals surface area contributed by atoms with Gasteiger partial charge in [0.2, 0.25) is 23.6 Å². The number of benzene rings is 2. The van der Waals surface area contributed by atoms with Gasteiger partial charge in [0.25, 0.3) is 0 Å².